The van der Waals surface area contributed by atoms with Crippen LogP contribution in [-0.2, 0) is 4.79 Å². The van der Waals surface area contributed by atoms with Crippen LogP contribution in [-0.4, -0.2) is 46.1 Å². The van der Waals surface area contributed by atoms with Crippen molar-refractivity contribution >= 4 is 17.4 Å². The van der Waals surface area contributed by atoms with Gasteiger partial charge in [0.1, 0.15) is 0 Å². The van der Waals surface area contributed by atoms with Gasteiger partial charge in [0, 0.05) is 6.07 Å². The van der Waals surface area contributed by atoms with E-state index in [0.717, 1.165) is 19.0 Å². The molecule has 0 unspecified atom stereocenters. The van der Waals surface area contributed by atoms with Crippen LogP contribution in [0.3, 0.4) is 0 Å². The summed E-state index contributed by atoms with van der Waals surface area (Å²) in [5.74, 6) is -0.818. The van der Waals surface area contributed by atoms with Crippen molar-refractivity contribution < 1.29 is 14.5 Å². The molecule has 0 spiro atoms. The van der Waals surface area contributed by atoms with E-state index in [9.17, 15) is 19.7 Å². The number of unbranched alkanes of at least 4 members (excludes halogenated alkanes) is 1. The molecule has 0 atom stereocenters. The second-order valence-corrected chi connectivity index (χ2v) is 4.48. The van der Waals surface area contributed by atoms with Gasteiger partial charge in [-0.2, -0.15) is 0 Å². The fourth-order valence-corrected chi connectivity index (χ4v) is 1.75. The first-order chi connectivity index (χ1) is 9.43. The number of carbonyl (C=O) groups is 2. The lowest BCUT2D eigenvalue weighted by atomic mass is 10.2. The van der Waals surface area contributed by atoms with Crippen LogP contribution in [0.15, 0.2) is 12.3 Å². The monoisotopic (exact) mass is 282 g/mol. The maximum Gasteiger partial charge on any atom is 0.287 e. The average molecular weight is 282 g/mol. The van der Waals surface area contributed by atoms with Crippen molar-refractivity contribution in [2.45, 2.75) is 19.8 Å². The third-order valence-corrected chi connectivity index (χ3v) is 2.75. The van der Waals surface area contributed by atoms with Gasteiger partial charge in [0.2, 0.25) is 5.91 Å². The molecule has 0 bridgehead atoms. The van der Waals surface area contributed by atoms with Crippen LogP contribution < -0.4 is 5.73 Å². The number of Topliss-reactive ketones (excluding diaryl/α,β-unsaturated/α-hetero) is 1. The number of ketones is 1. The van der Waals surface area contributed by atoms with E-state index in [-0.39, 0.29) is 30.3 Å². The zero-order valence-corrected chi connectivity index (χ0v) is 11.3. The normalized spacial score (nSPS) is 10.7. The highest BCUT2D eigenvalue weighted by atomic mass is 16.6. The summed E-state index contributed by atoms with van der Waals surface area (Å²) < 4.78 is 0. The van der Waals surface area contributed by atoms with Gasteiger partial charge in [0.25, 0.3) is 5.69 Å². The number of carbonyl (C=O) groups excluding carboxylic acids is 2. The molecule has 20 heavy (non-hydrogen) atoms. The number of aromatic nitrogens is 1. The summed E-state index contributed by atoms with van der Waals surface area (Å²) >= 11 is 0. The van der Waals surface area contributed by atoms with Crippen LogP contribution in [0.2, 0.25) is 0 Å². The maximum absolute atomic E-state index is 12.0. The van der Waals surface area contributed by atoms with Crippen LogP contribution in [0.4, 0.5) is 5.69 Å². The molecule has 0 aromatic carbocycles. The lowest BCUT2D eigenvalue weighted by molar-refractivity contribution is -0.384. The minimum absolute atomic E-state index is 0.000603. The second-order valence-electron chi connectivity index (χ2n) is 4.48. The van der Waals surface area contributed by atoms with Gasteiger partial charge in [-0.15, -0.1) is 0 Å². The molecule has 1 rings (SSSR count). The fourth-order valence-electron chi connectivity index (χ4n) is 1.75. The van der Waals surface area contributed by atoms with Gasteiger partial charge in [-0.05, 0) is 13.0 Å². The number of nitrogens with one attached hydrogen (secondary N) is 1. The largest absolute Gasteiger partial charge is 0.369 e. The van der Waals surface area contributed by atoms with E-state index in [1.807, 2.05) is 6.92 Å². The van der Waals surface area contributed by atoms with Crippen molar-refractivity contribution in [2.24, 2.45) is 5.73 Å². The third-order valence-electron chi connectivity index (χ3n) is 2.75. The molecule has 0 radical (unpaired) electrons. The highest BCUT2D eigenvalue weighted by Crippen LogP contribution is 2.13. The number of hydrogen-bond donors (Lipinski definition) is 2. The van der Waals surface area contributed by atoms with Gasteiger partial charge in [-0.3, -0.25) is 24.6 Å². The maximum atomic E-state index is 12.0. The molecule has 1 aromatic heterocycles. The van der Waals surface area contributed by atoms with Crippen molar-refractivity contribution in [3.8, 4) is 0 Å². The molecule has 3 N–H and O–H groups in total. The summed E-state index contributed by atoms with van der Waals surface area (Å²) in [6.45, 7) is 2.57. The minimum Gasteiger partial charge on any atom is -0.369 e. The van der Waals surface area contributed by atoms with E-state index in [2.05, 4.69) is 4.98 Å². The van der Waals surface area contributed by atoms with Crippen LogP contribution in [0.1, 0.15) is 30.3 Å². The van der Waals surface area contributed by atoms with E-state index in [1.54, 1.807) is 4.90 Å². The van der Waals surface area contributed by atoms with Crippen LogP contribution >= 0.6 is 0 Å². The first-order valence-electron chi connectivity index (χ1n) is 6.30. The molecule has 0 aliphatic rings. The lowest BCUT2D eigenvalue weighted by Gasteiger charge is -2.18. The van der Waals surface area contributed by atoms with Gasteiger partial charge in [-0.1, -0.05) is 13.3 Å². The number of nitro groups is 1. The Labute approximate surface area is 116 Å². The number of nitrogens with zero attached hydrogens (tertiary/aromatic N) is 2. The fraction of sp³-hybridized carbons (Fsp3) is 0.500. The quantitative estimate of drug-likeness (QED) is 0.392. The highest BCUT2D eigenvalue weighted by molar-refractivity contribution is 5.96. The first-order valence-corrected chi connectivity index (χ1v) is 6.30. The Hall–Kier alpha value is -2.22. The van der Waals surface area contributed by atoms with Gasteiger partial charge in [0.05, 0.1) is 29.9 Å². The number of amides is 1. The molecule has 1 heterocycles. The third kappa shape index (κ3) is 4.81. The van der Waals surface area contributed by atoms with E-state index in [1.165, 1.54) is 6.07 Å². The van der Waals surface area contributed by atoms with Crippen molar-refractivity contribution in [2.75, 3.05) is 19.6 Å². The topological polar surface area (TPSA) is 122 Å². The van der Waals surface area contributed by atoms with E-state index >= 15 is 0 Å². The Bertz CT molecular complexity index is 497. The van der Waals surface area contributed by atoms with Crippen molar-refractivity contribution in [1.29, 1.82) is 0 Å². The summed E-state index contributed by atoms with van der Waals surface area (Å²) in [5.41, 5.74) is 5.13. The Morgan fingerprint density at radius 3 is 2.65 bits per heavy atom. The van der Waals surface area contributed by atoms with E-state index < -0.39 is 10.8 Å². The zero-order valence-electron chi connectivity index (χ0n) is 11.3. The highest BCUT2D eigenvalue weighted by Gasteiger charge is 2.18. The minimum atomic E-state index is -0.578. The molecule has 8 nitrogen and oxygen atoms in total. The standard InChI is InChI=1S/C12H18N4O4/c1-2-3-4-15(8-12(13)18)7-11(17)10-5-9(6-14-10)16(19)20/h5-6,14H,2-4,7-8H2,1H3,(H2,13,18). The first kappa shape index (κ1) is 15.8. The number of aromatic amines is 1. The molecular weight excluding hydrogens is 264 g/mol. The Balaban J connectivity index is 2.68. The molecule has 8 heteroatoms. The number of hydrogen-bond acceptors (Lipinski definition) is 5. The van der Waals surface area contributed by atoms with Crippen LogP contribution in [0.5, 0.6) is 0 Å². The molecule has 0 aliphatic carbocycles. The van der Waals surface area contributed by atoms with Gasteiger partial charge in [-0.25, -0.2) is 0 Å². The Morgan fingerprint density at radius 1 is 1.45 bits per heavy atom. The molecule has 1 aromatic rings. The number of nitrogens with two attached hydrogens (primary N) is 1. The molecule has 0 fully saturated rings. The van der Waals surface area contributed by atoms with Gasteiger partial charge >= 0.3 is 0 Å². The van der Waals surface area contributed by atoms with Gasteiger partial charge < -0.3 is 10.7 Å². The summed E-state index contributed by atoms with van der Waals surface area (Å²) in [6.07, 6.45) is 2.93. The summed E-state index contributed by atoms with van der Waals surface area (Å²) in [5, 5.41) is 10.5. The Kier molecular flexibility index (Phi) is 5.85. The molecule has 0 saturated heterocycles. The summed E-state index contributed by atoms with van der Waals surface area (Å²) in [4.78, 5) is 37.1. The number of primary amides is 1. The van der Waals surface area contributed by atoms with Crippen molar-refractivity contribution in [1.82, 2.24) is 9.88 Å². The molecule has 0 aliphatic heterocycles. The summed E-state index contributed by atoms with van der Waals surface area (Å²) in [6, 6.07) is 1.19. The Morgan fingerprint density at radius 2 is 2.15 bits per heavy atom. The smallest absolute Gasteiger partial charge is 0.287 e. The molecule has 0 saturated carbocycles. The average Bonchev–Trinajstić information content (AvgIpc) is 2.85. The number of H-pyrrole nitrogens is 1. The van der Waals surface area contributed by atoms with E-state index in [0.29, 0.717) is 6.54 Å². The van der Waals surface area contributed by atoms with Gasteiger partial charge in [0.15, 0.2) is 5.78 Å². The SMILES string of the molecule is CCCCN(CC(N)=O)CC(=O)c1cc([N+](=O)[O-])c[nH]1. The second kappa shape index (κ2) is 7.39. The molecule has 110 valence electrons. The summed E-state index contributed by atoms with van der Waals surface area (Å²) in [7, 11) is 0. The van der Waals surface area contributed by atoms with Crippen LogP contribution in [0.25, 0.3) is 0 Å². The zero-order chi connectivity index (χ0) is 15.1. The van der Waals surface area contributed by atoms with Crippen molar-refractivity contribution in [3.05, 3.63) is 28.1 Å². The van der Waals surface area contributed by atoms with Crippen molar-refractivity contribution in [3.63, 3.8) is 0 Å². The predicted molar refractivity (Wildman–Crippen MR) is 72.3 cm³/mol. The molecular formula is C12H18N4O4. The molecule has 1 amide bonds. The van der Waals surface area contributed by atoms with E-state index in [4.69, 9.17) is 5.73 Å². The van der Waals surface area contributed by atoms with Crippen LogP contribution in [0, 0.1) is 10.1 Å². The predicted octanol–water partition coefficient (Wildman–Crippen LogP) is 0.693. The lowest BCUT2D eigenvalue weighted by Crippen LogP contribution is -2.38. The number of rotatable bonds is 9.